The lowest BCUT2D eigenvalue weighted by atomic mass is 10.1. The number of hydrogen-bond donors (Lipinski definition) is 1. The van der Waals surface area contributed by atoms with Gasteiger partial charge in [-0.25, -0.2) is 4.39 Å². The molecule has 1 aliphatic rings. The van der Waals surface area contributed by atoms with Crippen molar-refractivity contribution in [2.24, 2.45) is 0 Å². The smallest absolute Gasteiger partial charge is 0.292 e. The van der Waals surface area contributed by atoms with Gasteiger partial charge in [-0.05, 0) is 35.9 Å². The van der Waals surface area contributed by atoms with Crippen molar-refractivity contribution in [2.75, 3.05) is 36.4 Å². The van der Waals surface area contributed by atoms with E-state index in [0.717, 1.165) is 11.3 Å². The number of halogens is 1. The van der Waals surface area contributed by atoms with E-state index in [-0.39, 0.29) is 11.6 Å². The van der Waals surface area contributed by atoms with E-state index >= 15 is 0 Å². The van der Waals surface area contributed by atoms with Crippen LogP contribution >= 0.6 is 0 Å². The Morgan fingerprint density at radius 1 is 0.969 bits per heavy atom. The van der Waals surface area contributed by atoms with E-state index in [1.807, 2.05) is 30.3 Å². The van der Waals surface area contributed by atoms with E-state index in [4.69, 9.17) is 0 Å². The minimum atomic E-state index is -0.434. The van der Waals surface area contributed by atoms with Crippen molar-refractivity contribution < 1.29 is 14.1 Å². The number of rotatable bonds is 6. The van der Waals surface area contributed by atoms with E-state index in [9.17, 15) is 19.3 Å². The monoisotopic (exact) mass is 434 g/mol. The summed E-state index contributed by atoms with van der Waals surface area (Å²) in [5.74, 6) is -0.631. The molecule has 0 unspecified atom stereocenters. The SMILES string of the molecule is O=C(c1cccc(F)c1)N1CCN(c2ccc([N+](=O)[O-])c(NCc3ccccc3)c2)CC1. The second-order valence-electron chi connectivity index (χ2n) is 7.59. The molecule has 0 saturated carbocycles. The Morgan fingerprint density at radius 2 is 1.72 bits per heavy atom. The maximum absolute atomic E-state index is 13.4. The van der Waals surface area contributed by atoms with Crippen molar-refractivity contribution in [1.82, 2.24) is 4.90 Å². The van der Waals surface area contributed by atoms with Crippen LogP contribution in [0.4, 0.5) is 21.5 Å². The highest BCUT2D eigenvalue weighted by Crippen LogP contribution is 2.30. The van der Waals surface area contributed by atoms with Gasteiger partial charge in [-0.1, -0.05) is 36.4 Å². The summed E-state index contributed by atoms with van der Waals surface area (Å²) in [7, 11) is 0. The van der Waals surface area contributed by atoms with Crippen LogP contribution in [0.2, 0.25) is 0 Å². The molecule has 0 spiro atoms. The summed E-state index contributed by atoms with van der Waals surface area (Å²) in [6.45, 7) is 2.60. The number of hydrogen-bond acceptors (Lipinski definition) is 5. The lowest BCUT2D eigenvalue weighted by Gasteiger charge is -2.36. The van der Waals surface area contributed by atoms with Gasteiger partial charge in [0.05, 0.1) is 4.92 Å². The summed E-state index contributed by atoms with van der Waals surface area (Å²) in [5, 5.41) is 14.7. The Bertz CT molecular complexity index is 1120. The van der Waals surface area contributed by atoms with Crippen LogP contribution in [-0.4, -0.2) is 41.9 Å². The minimum Gasteiger partial charge on any atom is -0.375 e. The normalized spacial score (nSPS) is 13.7. The highest BCUT2D eigenvalue weighted by Gasteiger charge is 2.24. The first-order chi connectivity index (χ1) is 15.5. The fraction of sp³-hybridized carbons (Fsp3) is 0.208. The third kappa shape index (κ3) is 4.85. The number of piperazine rings is 1. The number of carbonyl (C=O) groups excluding carboxylic acids is 1. The summed E-state index contributed by atoms with van der Waals surface area (Å²) in [6, 6.07) is 20.4. The summed E-state index contributed by atoms with van der Waals surface area (Å²) in [6.07, 6.45) is 0. The van der Waals surface area contributed by atoms with Gasteiger partial charge in [0.2, 0.25) is 0 Å². The molecule has 0 atom stereocenters. The van der Waals surface area contributed by atoms with Crippen LogP contribution in [0, 0.1) is 15.9 Å². The molecular formula is C24H23FN4O3. The zero-order chi connectivity index (χ0) is 22.5. The van der Waals surface area contributed by atoms with Crippen LogP contribution in [-0.2, 0) is 6.54 Å². The molecule has 1 aliphatic heterocycles. The number of anilines is 2. The van der Waals surface area contributed by atoms with Crippen LogP contribution in [0.3, 0.4) is 0 Å². The van der Waals surface area contributed by atoms with Gasteiger partial charge in [0.15, 0.2) is 0 Å². The lowest BCUT2D eigenvalue weighted by molar-refractivity contribution is -0.384. The second-order valence-corrected chi connectivity index (χ2v) is 7.59. The van der Waals surface area contributed by atoms with E-state index < -0.39 is 10.7 Å². The molecule has 0 bridgehead atoms. The summed E-state index contributed by atoms with van der Waals surface area (Å²) in [4.78, 5) is 27.5. The Kier molecular flexibility index (Phi) is 6.30. The second kappa shape index (κ2) is 9.47. The average molecular weight is 434 g/mol. The Labute approximate surface area is 185 Å². The van der Waals surface area contributed by atoms with E-state index in [1.54, 1.807) is 23.1 Å². The molecule has 1 saturated heterocycles. The molecular weight excluding hydrogens is 411 g/mol. The summed E-state index contributed by atoms with van der Waals surface area (Å²) < 4.78 is 13.4. The molecule has 0 radical (unpaired) electrons. The van der Waals surface area contributed by atoms with Gasteiger partial charge in [-0.2, -0.15) is 0 Å². The summed E-state index contributed by atoms with van der Waals surface area (Å²) >= 11 is 0. The average Bonchev–Trinajstić information content (AvgIpc) is 2.83. The minimum absolute atomic E-state index is 0.0181. The standard InChI is InChI=1S/C24H23FN4O3/c25-20-8-4-7-19(15-20)24(30)28-13-11-27(12-14-28)21-9-10-23(29(31)32)22(16-21)26-17-18-5-2-1-3-6-18/h1-10,15-16,26H,11-14,17H2. The zero-order valence-electron chi connectivity index (χ0n) is 17.4. The number of nitrogens with one attached hydrogen (secondary N) is 1. The third-order valence-electron chi connectivity index (χ3n) is 5.51. The molecule has 7 nitrogen and oxygen atoms in total. The quantitative estimate of drug-likeness (QED) is 0.462. The molecule has 4 rings (SSSR count). The molecule has 1 amide bonds. The zero-order valence-corrected chi connectivity index (χ0v) is 17.4. The number of nitrogens with zero attached hydrogens (tertiary/aromatic N) is 3. The Balaban J connectivity index is 1.44. The van der Waals surface area contributed by atoms with Crippen molar-refractivity contribution in [3.05, 3.63) is 99.9 Å². The predicted octanol–water partition coefficient (Wildman–Crippen LogP) is 4.31. The van der Waals surface area contributed by atoms with E-state index in [0.29, 0.717) is 44.0 Å². The number of amides is 1. The third-order valence-corrected chi connectivity index (χ3v) is 5.51. The highest BCUT2D eigenvalue weighted by atomic mass is 19.1. The maximum atomic E-state index is 13.4. The predicted molar refractivity (Wildman–Crippen MR) is 121 cm³/mol. The first kappa shape index (κ1) is 21.3. The van der Waals surface area contributed by atoms with Crippen molar-refractivity contribution in [1.29, 1.82) is 0 Å². The number of nitro groups is 1. The number of benzene rings is 3. The molecule has 3 aromatic rings. The number of nitro benzene ring substituents is 1. The molecule has 1 heterocycles. The first-order valence-corrected chi connectivity index (χ1v) is 10.4. The molecule has 0 aromatic heterocycles. The van der Waals surface area contributed by atoms with Gasteiger partial charge in [-0.3, -0.25) is 14.9 Å². The van der Waals surface area contributed by atoms with Gasteiger partial charge in [-0.15, -0.1) is 0 Å². The molecule has 1 N–H and O–H groups in total. The molecule has 3 aromatic carbocycles. The van der Waals surface area contributed by atoms with Crippen molar-refractivity contribution in [3.8, 4) is 0 Å². The van der Waals surface area contributed by atoms with Gasteiger partial charge in [0, 0.05) is 50.0 Å². The van der Waals surface area contributed by atoms with Crippen LogP contribution in [0.25, 0.3) is 0 Å². The molecule has 164 valence electrons. The van der Waals surface area contributed by atoms with Crippen LogP contribution in [0.5, 0.6) is 0 Å². The lowest BCUT2D eigenvalue weighted by Crippen LogP contribution is -2.48. The first-order valence-electron chi connectivity index (χ1n) is 10.4. The van der Waals surface area contributed by atoms with Crippen molar-refractivity contribution in [3.63, 3.8) is 0 Å². The Hall–Kier alpha value is -3.94. The molecule has 0 aliphatic carbocycles. The van der Waals surface area contributed by atoms with Gasteiger partial charge < -0.3 is 15.1 Å². The Morgan fingerprint density at radius 3 is 2.41 bits per heavy atom. The van der Waals surface area contributed by atoms with E-state index in [2.05, 4.69) is 10.2 Å². The van der Waals surface area contributed by atoms with Gasteiger partial charge in [0.25, 0.3) is 11.6 Å². The van der Waals surface area contributed by atoms with Crippen LogP contribution in [0.15, 0.2) is 72.8 Å². The fourth-order valence-corrected chi connectivity index (χ4v) is 3.79. The fourth-order valence-electron chi connectivity index (χ4n) is 3.79. The topological polar surface area (TPSA) is 78.7 Å². The maximum Gasteiger partial charge on any atom is 0.292 e. The van der Waals surface area contributed by atoms with Gasteiger partial charge in [0.1, 0.15) is 11.5 Å². The highest BCUT2D eigenvalue weighted by molar-refractivity contribution is 5.94. The summed E-state index contributed by atoms with van der Waals surface area (Å²) in [5.41, 5.74) is 2.68. The van der Waals surface area contributed by atoms with Crippen LogP contribution < -0.4 is 10.2 Å². The number of carbonyl (C=O) groups is 1. The van der Waals surface area contributed by atoms with E-state index in [1.165, 1.54) is 24.3 Å². The molecule has 1 fully saturated rings. The van der Waals surface area contributed by atoms with Gasteiger partial charge >= 0.3 is 0 Å². The van der Waals surface area contributed by atoms with Crippen molar-refractivity contribution >= 4 is 23.0 Å². The van der Waals surface area contributed by atoms with Crippen molar-refractivity contribution in [2.45, 2.75) is 6.54 Å². The molecule has 32 heavy (non-hydrogen) atoms. The van der Waals surface area contributed by atoms with Crippen LogP contribution in [0.1, 0.15) is 15.9 Å². The molecule has 8 heteroatoms. The largest absolute Gasteiger partial charge is 0.375 e.